The first-order valence-corrected chi connectivity index (χ1v) is 9.89. The van der Waals surface area contributed by atoms with Crippen molar-refractivity contribution in [1.82, 2.24) is 9.88 Å². The minimum absolute atomic E-state index is 0.0241. The number of aromatic nitrogens is 1. The highest BCUT2D eigenvalue weighted by Gasteiger charge is 2.20. The molecule has 3 aromatic rings. The van der Waals surface area contributed by atoms with E-state index in [0.29, 0.717) is 18.7 Å². The number of carbonyl (C=O) groups is 1. The number of benzene rings is 2. The minimum atomic E-state index is 0.0241. The smallest absolute Gasteiger partial charge is 0.254 e. The predicted octanol–water partition coefficient (Wildman–Crippen LogP) is 5.08. The zero-order chi connectivity index (χ0) is 19.2. The average Bonchev–Trinajstić information content (AvgIpc) is 3.13. The fourth-order valence-corrected chi connectivity index (χ4v) is 3.37. The van der Waals surface area contributed by atoms with Crippen molar-refractivity contribution in [2.24, 2.45) is 0 Å². The zero-order valence-electron chi connectivity index (χ0n) is 15.9. The third-order valence-electron chi connectivity index (χ3n) is 4.22. The number of carbonyl (C=O) groups excluding carboxylic acids is 1. The number of aryl methyl sites for hydroxylation is 1. The van der Waals surface area contributed by atoms with Gasteiger partial charge in [-0.05, 0) is 45.0 Å². The summed E-state index contributed by atoms with van der Waals surface area (Å²) in [4.78, 5) is 19.3. The number of rotatable bonds is 7. The molecule has 4 nitrogen and oxygen atoms in total. The van der Waals surface area contributed by atoms with Gasteiger partial charge in [0.05, 0.1) is 12.2 Å². The van der Waals surface area contributed by atoms with Gasteiger partial charge in [-0.3, -0.25) is 4.79 Å². The van der Waals surface area contributed by atoms with E-state index in [0.717, 1.165) is 16.5 Å². The third-order valence-corrected chi connectivity index (χ3v) is 5.09. The summed E-state index contributed by atoms with van der Waals surface area (Å²) in [5, 5.41) is 2.91. The summed E-state index contributed by atoms with van der Waals surface area (Å²) in [7, 11) is 0. The molecule has 0 N–H and O–H groups in total. The van der Waals surface area contributed by atoms with Crippen molar-refractivity contribution in [3.8, 4) is 5.75 Å². The van der Waals surface area contributed by atoms with Crippen LogP contribution in [0.3, 0.4) is 0 Å². The Morgan fingerprint density at radius 1 is 1.11 bits per heavy atom. The lowest BCUT2D eigenvalue weighted by atomic mass is 10.1. The molecular formula is C22H24N2O2S. The van der Waals surface area contributed by atoms with Crippen LogP contribution < -0.4 is 4.74 Å². The monoisotopic (exact) mass is 380 g/mol. The first-order chi connectivity index (χ1) is 13.0. The number of thiazole rings is 1. The fourth-order valence-electron chi connectivity index (χ4n) is 2.68. The summed E-state index contributed by atoms with van der Waals surface area (Å²) >= 11 is 1.56. The second kappa shape index (κ2) is 8.82. The molecular weight excluding hydrogens is 356 g/mol. The van der Waals surface area contributed by atoms with Gasteiger partial charge in [-0.15, -0.1) is 11.3 Å². The first-order valence-electron chi connectivity index (χ1n) is 9.01. The summed E-state index contributed by atoms with van der Waals surface area (Å²) in [6, 6.07) is 17.4. The van der Waals surface area contributed by atoms with Crippen LogP contribution in [-0.4, -0.2) is 21.8 Å². The van der Waals surface area contributed by atoms with Gasteiger partial charge in [0.15, 0.2) is 0 Å². The van der Waals surface area contributed by atoms with Gasteiger partial charge in [-0.2, -0.15) is 0 Å². The summed E-state index contributed by atoms with van der Waals surface area (Å²) in [6.07, 6.45) is 0. The zero-order valence-corrected chi connectivity index (χ0v) is 16.7. The third kappa shape index (κ3) is 5.17. The van der Waals surface area contributed by atoms with Gasteiger partial charge >= 0.3 is 0 Å². The molecule has 2 aromatic carbocycles. The molecule has 0 saturated heterocycles. The molecule has 0 saturated carbocycles. The van der Waals surface area contributed by atoms with Crippen LogP contribution in [-0.2, 0) is 13.2 Å². The Balaban J connectivity index is 1.64. The van der Waals surface area contributed by atoms with E-state index in [1.54, 1.807) is 11.3 Å². The number of ether oxygens (including phenoxy) is 1. The van der Waals surface area contributed by atoms with E-state index in [9.17, 15) is 4.79 Å². The lowest BCUT2D eigenvalue weighted by Gasteiger charge is -2.26. The molecule has 3 rings (SSSR count). The summed E-state index contributed by atoms with van der Waals surface area (Å²) in [5.74, 6) is 0.858. The van der Waals surface area contributed by atoms with Crippen molar-refractivity contribution in [3.63, 3.8) is 0 Å². The second-order valence-electron chi connectivity index (χ2n) is 6.73. The van der Waals surface area contributed by atoms with Crippen molar-refractivity contribution in [1.29, 1.82) is 0 Å². The number of amides is 1. The second-order valence-corrected chi connectivity index (χ2v) is 7.67. The van der Waals surface area contributed by atoms with Crippen molar-refractivity contribution in [3.05, 3.63) is 81.8 Å². The van der Waals surface area contributed by atoms with E-state index in [-0.39, 0.29) is 11.9 Å². The van der Waals surface area contributed by atoms with E-state index in [4.69, 9.17) is 4.74 Å². The van der Waals surface area contributed by atoms with Crippen LogP contribution in [0.1, 0.15) is 40.5 Å². The Kier molecular flexibility index (Phi) is 6.24. The molecule has 1 aromatic heterocycles. The highest BCUT2D eigenvalue weighted by Crippen LogP contribution is 2.18. The molecule has 140 valence electrons. The van der Waals surface area contributed by atoms with Crippen LogP contribution in [0.4, 0.5) is 0 Å². The summed E-state index contributed by atoms with van der Waals surface area (Å²) in [5.41, 5.74) is 2.79. The average molecular weight is 381 g/mol. The van der Waals surface area contributed by atoms with Crippen molar-refractivity contribution in [2.45, 2.75) is 40.0 Å². The molecule has 0 unspecified atom stereocenters. The largest absolute Gasteiger partial charge is 0.486 e. The standard InChI is InChI=1S/C22H24N2O2S/c1-16(2)24(22(25)18-7-5-4-6-8-18)13-19-15-27-21(23-19)14-26-20-11-9-17(3)10-12-20/h4-12,15-16H,13-14H2,1-3H3. The van der Waals surface area contributed by atoms with E-state index in [1.807, 2.05) is 85.6 Å². The maximum atomic E-state index is 12.8. The Morgan fingerprint density at radius 3 is 2.48 bits per heavy atom. The molecule has 0 bridgehead atoms. The van der Waals surface area contributed by atoms with Crippen molar-refractivity contribution in [2.75, 3.05) is 0 Å². The molecule has 0 atom stereocenters. The Hall–Kier alpha value is -2.66. The normalized spacial score (nSPS) is 10.8. The lowest BCUT2D eigenvalue weighted by Crippen LogP contribution is -2.36. The van der Waals surface area contributed by atoms with Crippen LogP contribution >= 0.6 is 11.3 Å². The topological polar surface area (TPSA) is 42.4 Å². The Bertz CT molecular complexity index is 873. The highest BCUT2D eigenvalue weighted by atomic mass is 32.1. The molecule has 0 fully saturated rings. The molecule has 0 aliphatic rings. The van der Waals surface area contributed by atoms with Gasteiger partial charge in [0.2, 0.25) is 0 Å². The molecule has 27 heavy (non-hydrogen) atoms. The van der Waals surface area contributed by atoms with Gasteiger partial charge < -0.3 is 9.64 Å². The van der Waals surface area contributed by atoms with Crippen molar-refractivity contribution < 1.29 is 9.53 Å². The molecule has 0 spiro atoms. The number of hydrogen-bond donors (Lipinski definition) is 0. The van der Waals surface area contributed by atoms with Crippen LogP contribution in [0.2, 0.25) is 0 Å². The van der Waals surface area contributed by atoms with Gasteiger partial charge in [-0.1, -0.05) is 35.9 Å². The predicted molar refractivity (Wildman–Crippen MR) is 109 cm³/mol. The molecule has 1 amide bonds. The molecule has 1 heterocycles. The van der Waals surface area contributed by atoms with Crippen LogP contribution in [0.15, 0.2) is 60.0 Å². The Labute approximate surface area is 164 Å². The molecule has 0 radical (unpaired) electrons. The highest BCUT2D eigenvalue weighted by molar-refractivity contribution is 7.09. The maximum Gasteiger partial charge on any atom is 0.254 e. The fraction of sp³-hybridized carbons (Fsp3) is 0.273. The minimum Gasteiger partial charge on any atom is -0.486 e. The number of nitrogens with zero attached hydrogens (tertiary/aromatic N) is 2. The van der Waals surface area contributed by atoms with E-state index >= 15 is 0 Å². The van der Waals surface area contributed by atoms with E-state index in [2.05, 4.69) is 4.98 Å². The van der Waals surface area contributed by atoms with Gasteiger partial charge in [-0.25, -0.2) is 4.98 Å². The molecule has 5 heteroatoms. The SMILES string of the molecule is Cc1ccc(OCc2nc(CN(C(=O)c3ccccc3)C(C)C)cs2)cc1. The van der Waals surface area contributed by atoms with Crippen molar-refractivity contribution >= 4 is 17.2 Å². The van der Waals surface area contributed by atoms with E-state index < -0.39 is 0 Å². The lowest BCUT2D eigenvalue weighted by molar-refractivity contribution is 0.0688. The quantitative estimate of drug-likeness (QED) is 0.574. The maximum absolute atomic E-state index is 12.8. The number of hydrogen-bond acceptors (Lipinski definition) is 4. The summed E-state index contributed by atoms with van der Waals surface area (Å²) < 4.78 is 5.80. The van der Waals surface area contributed by atoms with Crippen LogP contribution in [0.5, 0.6) is 5.75 Å². The van der Waals surface area contributed by atoms with E-state index in [1.165, 1.54) is 5.56 Å². The Morgan fingerprint density at radius 2 is 1.81 bits per heavy atom. The molecule has 0 aliphatic carbocycles. The van der Waals surface area contributed by atoms with Gasteiger partial charge in [0.1, 0.15) is 17.4 Å². The summed E-state index contributed by atoms with van der Waals surface area (Å²) in [6.45, 7) is 7.02. The van der Waals surface area contributed by atoms with Crippen LogP contribution in [0.25, 0.3) is 0 Å². The molecule has 0 aliphatic heterocycles. The van der Waals surface area contributed by atoms with Gasteiger partial charge in [0.25, 0.3) is 5.91 Å². The van der Waals surface area contributed by atoms with Crippen LogP contribution in [0, 0.1) is 6.92 Å². The van der Waals surface area contributed by atoms with Gasteiger partial charge in [0, 0.05) is 17.0 Å². The first kappa shape index (κ1) is 19.1.